The summed E-state index contributed by atoms with van der Waals surface area (Å²) in [4.78, 5) is 0. The van der Waals surface area contributed by atoms with Crippen LogP contribution in [0.25, 0.3) is 0 Å². The molecule has 0 aliphatic heterocycles. The average molecular weight is 292 g/mol. The number of benzene rings is 2. The van der Waals surface area contributed by atoms with Gasteiger partial charge in [-0.1, -0.05) is 0 Å². The normalized spacial score (nSPS) is 12.3. The van der Waals surface area contributed by atoms with Crippen molar-refractivity contribution < 1.29 is 18.6 Å². The fourth-order valence-corrected chi connectivity index (χ4v) is 2.45. The molecule has 1 atom stereocenters. The van der Waals surface area contributed by atoms with Gasteiger partial charge in [-0.05, 0) is 60.4 Å². The van der Waals surface area contributed by atoms with Gasteiger partial charge in [-0.15, -0.1) is 0 Å². The second-order valence-electron chi connectivity index (χ2n) is 5.18. The van der Waals surface area contributed by atoms with Crippen LogP contribution in [-0.4, -0.2) is 12.2 Å². The van der Waals surface area contributed by atoms with Crippen molar-refractivity contribution in [2.24, 2.45) is 0 Å². The number of aliphatic hydroxyl groups is 1. The average Bonchev–Trinajstić information content (AvgIpc) is 2.39. The third kappa shape index (κ3) is 3.58. The van der Waals surface area contributed by atoms with Crippen LogP contribution in [0.2, 0.25) is 0 Å². The third-order valence-corrected chi connectivity index (χ3v) is 3.49. The minimum absolute atomic E-state index is 0.154. The highest BCUT2D eigenvalue weighted by Gasteiger charge is 2.15. The van der Waals surface area contributed by atoms with Crippen LogP contribution in [0.15, 0.2) is 30.3 Å². The predicted molar refractivity (Wildman–Crippen MR) is 77.5 cm³/mol. The third-order valence-electron chi connectivity index (χ3n) is 3.49. The number of aliphatic hydroxyl groups excluding tert-OH is 1. The van der Waals surface area contributed by atoms with Gasteiger partial charge >= 0.3 is 0 Å². The molecule has 2 rings (SSSR count). The van der Waals surface area contributed by atoms with E-state index in [-0.39, 0.29) is 6.42 Å². The number of methoxy groups -OCH3 is 1. The summed E-state index contributed by atoms with van der Waals surface area (Å²) in [6.45, 7) is 3.75. The lowest BCUT2D eigenvalue weighted by Crippen LogP contribution is -2.06. The number of rotatable bonds is 4. The van der Waals surface area contributed by atoms with E-state index in [4.69, 9.17) is 4.74 Å². The van der Waals surface area contributed by atoms with Gasteiger partial charge in [-0.2, -0.15) is 0 Å². The molecule has 0 fully saturated rings. The molecule has 0 saturated heterocycles. The Labute approximate surface area is 123 Å². The minimum atomic E-state index is -0.823. The molecule has 2 nitrogen and oxygen atoms in total. The first-order valence-corrected chi connectivity index (χ1v) is 6.69. The van der Waals surface area contributed by atoms with Crippen LogP contribution in [0, 0.1) is 25.5 Å². The Balaban J connectivity index is 2.28. The molecule has 112 valence electrons. The van der Waals surface area contributed by atoms with Crippen LogP contribution in [0.3, 0.4) is 0 Å². The Morgan fingerprint density at radius 1 is 1.00 bits per heavy atom. The smallest absolute Gasteiger partial charge is 0.126 e. The van der Waals surface area contributed by atoms with Crippen molar-refractivity contribution in [2.45, 2.75) is 26.4 Å². The number of hydrogen-bond donors (Lipinski definition) is 1. The van der Waals surface area contributed by atoms with Crippen LogP contribution >= 0.6 is 0 Å². The summed E-state index contributed by atoms with van der Waals surface area (Å²) in [5.41, 5.74) is 2.94. The molecule has 0 spiro atoms. The maximum Gasteiger partial charge on any atom is 0.126 e. The van der Waals surface area contributed by atoms with Crippen LogP contribution < -0.4 is 4.74 Å². The maximum absolute atomic E-state index is 13.2. The van der Waals surface area contributed by atoms with Crippen molar-refractivity contribution in [3.05, 3.63) is 64.2 Å². The van der Waals surface area contributed by atoms with Gasteiger partial charge in [0.05, 0.1) is 13.2 Å². The van der Waals surface area contributed by atoms with Crippen molar-refractivity contribution in [3.8, 4) is 5.75 Å². The molecule has 0 aromatic heterocycles. The molecule has 0 radical (unpaired) electrons. The van der Waals surface area contributed by atoms with Gasteiger partial charge in [-0.25, -0.2) is 8.78 Å². The molecule has 0 aliphatic carbocycles. The molecule has 0 heterocycles. The highest BCUT2D eigenvalue weighted by molar-refractivity contribution is 5.42. The van der Waals surface area contributed by atoms with Gasteiger partial charge in [0, 0.05) is 12.5 Å². The highest BCUT2D eigenvalue weighted by atomic mass is 19.1. The molecular weight excluding hydrogens is 274 g/mol. The summed E-state index contributed by atoms with van der Waals surface area (Å²) in [6.07, 6.45) is -0.669. The maximum atomic E-state index is 13.2. The van der Waals surface area contributed by atoms with Crippen LogP contribution in [0.1, 0.15) is 28.4 Å². The topological polar surface area (TPSA) is 29.5 Å². The summed E-state index contributed by atoms with van der Waals surface area (Å²) in [5.74, 6) is -0.528. The molecular formula is C17H18F2O2. The number of halogens is 2. The first-order chi connectivity index (χ1) is 9.90. The van der Waals surface area contributed by atoms with E-state index in [2.05, 4.69) is 0 Å². The molecule has 1 unspecified atom stereocenters. The molecule has 21 heavy (non-hydrogen) atoms. The van der Waals surface area contributed by atoms with Crippen molar-refractivity contribution in [3.63, 3.8) is 0 Å². The SMILES string of the molecule is COc1cc(C)c(C(O)Cc2cc(F)cc(F)c2)cc1C. The van der Waals surface area contributed by atoms with Gasteiger partial charge in [0.1, 0.15) is 17.4 Å². The van der Waals surface area contributed by atoms with E-state index in [0.29, 0.717) is 5.56 Å². The van der Waals surface area contributed by atoms with E-state index < -0.39 is 17.7 Å². The van der Waals surface area contributed by atoms with Gasteiger partial charge in [0.2, 0.25) is 0 Å². The fraction of sp³-hybridized carbons (Fsp3) is 0.294. The largest absolute Gasteiger partial charge is 0.496 e. The molecule has 1 N–H and O–H groups in total. The number of hydrogen-bond acceptors (Lipinski definition) is 2. The van der Waals surface area contributed by atoms with Crippen molar-refractivity contribution in [1.82, 2.24) is 0 Å². The van der Waals surface area contributed by atoms with E-state index in [9.17, 15) is 13.9 Å². The van der Waals surface area contributed by atoms with Gasteiger partial charge in [0.25, 0.3) is 0 Å². The lowest BCUT2D eigenvalue weighted by molar-refractivity contribution is 0.177. The lowest BCUT2D eigenvalue weighted by atomic mass is 9.95. The first kappa shape index (κ1) is 15.4. The number of aryl methyl sites for hydroxylation is 2. The van der Waals surface area contributed by atoms with Crippen LogP contribution in [-0.2, 0) is 6.42 Å². The zero-order valence-electron chi connectivity index (χ0n) is 12.3. The Morgan fingerprint density at radius 3 is 2.19 bits per heavy atom. The van der Waals surface area contributed by atoms with Crippen molar-refractivity contribution in [1.29, 1.82) is 0 Å². The molecule has 0 bridgehead atoms. The van der Waals surface area contributed by atoms with Gasteiger partial charge in [0.15, 0.2) is 0 Å². The summed E-state index contributed by atoms with van der Waals surface area (Å²) in [6, 6.07) is 6.98. The van der Waals surface area contributed by atoms with E-state index in [1.54, 1.807) is 7.11 Å². The summed E-state index contributed by atoms with van der Waals surface area (Å²) in [7, 11) is 1.59. The quantitative estimate of drug-likeness (QED) is 0.927. The zero-order valence-corrected chi connectivity index (χ0v) is 12.3. The van der Waals surface area contributed by atoms with E-state index in [0.717, 1.165) is 28.5 Å². The van der Waals surface area contributed by atoms with Crippen LogP contribution in [0.4, 0.5) is 8.78 Å². The molecule has 4 heteroatoms. The van der Waals surface area contributed by atoms with Crippen molar-refractivity contribution in [2.75, 3.05) is 7.11 Å². The van der Waals surface area contributed by atoms with Gasteiger partial charge < -0.3 is 9.84 Å². The molecule has 2 aromatic carbocycles. The molecule has 0 amide bonds. The zero-order chi connectivity index (χ0) is 15.6. The highest BCUT2D eigenvalue weighted by Crippen LogP contribution is 2.28. The Bertz CT molecular complexity index is 633. The minimum Gasteiger partial charge on any atom is -0.496 e. The Morgan fingerprint density at radius 2 is 1.62 bits per heavy atom. The lowest BCUT2D eigenvalue weighted by Gasteiger charge is -2.16. The predicted octanol–water partition coefficient (Wildman–Crippen LogP) is 3.87. The number of ether oxygens (including phenoxy) is 1. The van der Waals surface area contributed by atoms with Crippen molar-refractivity contribution >= 4 is 0 Å². The second-order valence-corrected chi connectivity index (χ2v) is 5.18. The summed E-state index contributed by atoms with van der Waals surface area (Å²) < 4.78 is 31.6. The van der Waals surface area contributed by atoms with Gasteiger partial charge in [-0.3, -0.25) is 0 Å². The molecule has 2 aromatic rings. The summed E-state index contributed by atoms with van der Waals surface area (Å²) in [5, 5.41) is 10.3. The fourth-order valence-electron chi connectivity index (χ4n) is 2.45. The standard InChI is InChI=1S/C17H18F2O2/c1-10-5-17(21-3)11(2)4-15(10)16(20)8-12-6-13(18)9-14(19)7-12/h4-7,9,16,20H,8H2,1-3H3. The monoisotopic (exact) mass is 292 g/mol. The van der Waals surface area contributed by atoms with Crippen LogP contribution in [0.5, 0.6) is 5.75 Å². The van der Waals surface area contributed by atoms with E-state index in [1.165, 1.54) is 12.1 Å². The molecule has 0 aliphatic rings. The molecule has 0 saturated carbocycles. The summed E-state index contributed by atoms with van der Waals surface area (Å²) >= 11 is 0. The Hall–Kier alpha value is -1.94. The Kier molecular flexibility index (Phi) is 4.58. The van der Waals surface area contributed by atoms with E-state index >= 15 is 0 Å². The van der Waals surface area contributed by atoms with E-state index in [1.807, 2.05) is 26.0 Å². The first-order valence-electron chi connectivity index (χ1n) is 6.69. The second kappa shape index (κ2) is 6.22.